The van der Waals surface area contributed by atoms with E-state index in [9.17, 15) is 0 Å². The van der Waals surface area contributed by atoms with Gasteiger partial charge in [-0.25, -0.2) is 4.98 Å². The molecule has 1 aromatic carbocycles. The Labute approximate surface area is 105 Å². The van der Waals surface area contributed by atoms with Crippen LogP contribution in [0.2, 0.25) is 0 Å². The van der Waals surface area contributed by atoms with E-state index in [0.29, 0.717) is 0 Å². The molecule has 0 aliphatic rings. The fourth-order valence-electron chi connectivity index (χ4n) is 1.99. The molecule has 0 N–H and O–H groups in total. The zero-order chi connectivity index (χ0) is 12.4. The van der Waals surface area contributed by atoms with Gasteiger partial charge < -0.3 is 4.42 Å². The van der Waals surface area contributed by atoms with E-state index in [1.54, 1.807) is 10.9 Å². The molecular formula is C14H13N3O. The minimum Gasteiger partial charge on any atom is -0.442 e. The van der Waals surface area contributed by atoms with E-state index in [1.165, 1.54) is 12.0 Å². The van der Waals surface area contributed by atoms with Crippen LogP contribution in [0.1, 0.15) is 11.3 Å². The van der Waals surface area contributed by atoms with Crippen molar-refractivity contribution in [3.05, 3.63) is 60.2 Å². The van der Waals surface area contributed by atoms with Crippen LogP contribution < -0.4 is 0 Å². The molecular weight excluding hydrogens is 226 g/mol. The van der Waals surface area contributed by atoms with Gasteiger partial charge in [0.2, 0.25) is 0 Å². The van der Waals surface area contributed by atoms with Gasteiger partial charge in [0.25, 0.3) is 0 Å². The van der Waals surface area contributed by atoms with Crippen LogP contribution in [0.4, 0.5) is 0 Å². The van der Waals surface area contributed by atoms with Crippen LogP contribution in [0.5, 0.6) is 0 Å². The van der Waals surface area contributed by atoms with Crippen LogP contribution in [0.25, 0.3) is 11.5 Å². The van der Waals surface area contributed by atoms with Gasteiger partial charge in [0.15, 0.2) is 12.2 Å². The predicted molar refractivity (Wildman–Crippen MR) is 68.0 cm³/mol. The van der Waals surface area contributed by atoms with Crippen molar-refractivity contribution in [1.29, 1.82) is 0 Å². The van der Waals surface area contributed by atoms with Crippen molar-refractivity contribution < 1.29 is 4.42 Å². The number of oxazole rings is 1. The van der Waals surface area contributed by atoms with E-state index in [0.717, 1.165) is 23.6 Å². The van der Waals surface area contributed by atoms with Crippen LogP contribution in [0.15, 0.2) is 53.4 Å². The zero-order valence-electron chi connectivity index (χ0n) is 10.1. The first kappa shape index (κ1) is 10.8. The van der Waals surface area contributed by atoms with E-state index in [1.807, 2.05) is 31.3 Å². The number of rotatable bonds is 3. The average molecular weight is 239 g/mol. The van der Waals surface area contributed by atoms with Crippen molar-refractivity contribution in [2.45, 2.75) is 6.42 Å². The second-order valence-electron chi connectivity index (χ2n) is 4.13. The third kappa shape index (κ3) is 1.93. The maximum Gasteiger partial charge on any atom is 0.181 e. The molecule has 0 saturated heterocycles. The van der Waals surface area contributed by atoms with Crippen molar-refractivity contribution in [3.63, 3.8) is 0 Å². The van der Waals surface area contributed by atoms with E-state index in [4.69, 9.17) is 4.42 Å². The number of hydrogen-bond donors (Lipinski definition) is 0. The Bertz CT molecular complexity index is 640. The highest BCUT2D eigenvalue weighted by atomic mass is 16.3. The van der Waals surface area contributed by atoms with Gasteiger partial charge in [-0.15, -0.1) is 0 Å². The summed E-state index contributed by atoms with van der Waals surface area (Å²) in [5, 5.41) is 4.15. The second-order valence-corrected chi connectivity index (χ2v) is 4.13. The van der Waals surface area contributed by atoms with Crippen molar-refractivity contribution in [1.82, 2.24) is 14.8 Å². The van der Waals surface area contributed by atoms with E-state index in [-0.39, 0.29) is 0 Å². The summed E-state index contributed by atoms with van der Waals surface area (Å²) < 4.78 is 7.28. The molecule has 0 fully saturated rings. The van der Waals surface area contributed by atoms with Gasteiger partial charge in [0, 0.05) is 19.7 Å². The normalized spacial score (nSPS) is 10.7. The molecule has 2 heterocycles. The molecule has 4 heteroatoms. The second kappa shape index (κ2) is 4.49. The Morgan fingerprint density at radius 3 is 2.72 bits per heavy atom. The maximum atomic E-state index is 5.49. The quantitative estimate of drug-likeness (QED) is 0.705. The molecule has 0 aliphatic heterocycles. The molecule has 0 unspecified atom stereocenters. The molecule has 0 spiro atoms. The average Bonchev–Trinajstić information content (AvgIpc) is 2.99. The Balaban J connectivity index is 1.96. The molecule has 90 valence electrons. The van der Waals surface area contributed by atoms with Crippen molar-refractivity contribution in [2.75, 3.05) is 0 Å². The van der Waals surface area contributed by atoms with Gasteiger partial charge in [-0.2, -0.15) is 5.10 Å². The predicted octanol–water partition coefficient (Wildman–Crippen LogP) is 2.67. The molecule has 4 nitrogen and oxygen atoms in total. The standard InChI is InChI=1S/C14H13N3O/c1-17-13(7-8-16-17)14-12(15-10-18-14)9-11-5-3-2-4-6-11/h2-8,10H,9H2,1H3. The highest BCUT2D eigenvalue weighted by Gasteiger charge is 2.14. The highest BCUT2D eigenvalue weighted by molar-refractivity contribution is 5.55. The van der Waals surface area contributed by atoms with Gasteiger partial charge in [0.05, 0.1) is 5.69 Å². The molecule has 0 saturated carbocycles. The van der Waals surface area contributed by atoms with Crippen molar-refractivity contribution in [2.24, 2.45) is 7.05 Å². The summed E-state index contributed by atoms with van der Waals surface area (Å²) in [5.41, 5.74) is 3.10. The number of hydrogen-bond acceptors (Lipinski definition) is 3. The van der Waals surface area contributed by atoms with Crippen LogP contribution in [-0.4, -0.2) is 14.8 Å². The van der Waals surface area contributed by atoms with Crippen LogP contribution in [0, 0.1) is 0 Å². The summed E-state index contributed by atoms with van der Waals surface area (Å²) in [5.74, 6) is 0.791. The lowest BCUT2D eigenvalue weighted by Gasteiger charge is -2.02. The van der Waals surface area contributed by atoms with Gasteiger partial charge >= 0.3 is 0 Å². The minimum atomic E-state index is 0.762. The molecule has 3 rings (SSSR count). The third-order valence-corrected chi connectivity index (χ3v) is 2.91. The Hall–Kier alpha value is -2.36. The summed E-state index contributed by atoms with van der Waals surface area (Å²) in [6, 6.07) is 12.2. The van der Waals surface area contributed by atoms with E-state index >= 15 is 0 Å². The number of aryl methyl sites for hydroxylation is 1. The molecule has 0 radical (unpaired) electrons. The summed E-state index contributed by atoms with van der Waals surface area (Å²) in [7, 11) is 1.89. The Kier molecular flexibility index (Phi) is 2.68. The van der Waals surface area contributed by atoms with E-state index < -0.39 is 0 Å². The fourth-order valence-corrected chi connectivity index (χ4v) is 1.99. The zero-order valence-corrected chi connectivity index (χ0v) is 10.1. The minimum absolute atomic E-state index is 0.762. The van der Waals surface area contributed by atoms with Crippen LogP contribution in [-0.2, 0) is 13.5 Å². The lowest BCUT2D eigenvalue weighted by atomic mass is 10.1. The van der Waals surface area contributed by atoms with Gasteiger partial charge in [-0.05, 0) is 11.6 Å². The smallest absolute Gasteiger partial charge is 0.181 e. The van der Waals surface area contributed by atoms with Crippen molar-refractivity contribution in [3.8, 4) is 11.5 Å². The SMILES string of the molecule is Cn1nccc1-c1ocnc1Cc1ccccc1. The largest absolute Gasteiger partial charge is 0.442 e. The number of aromatic nitrogens is 3. The molecule has 0 bridgehead atoms. The topological polar surface area (TPSA) is 43.9 Å². The van der Waals surface area contributed by atoms with Gasteiger partial charge in [0.1, 0.15) is 5.69 Å². The first-order valence-electron chi connectivity index (χ1n) is 5.79. The third-order valence-electron chi connectivity index (χ3n) is 2.91. The van der Waals surface area contributed by atoms with Crippen LogP contribution >= 0.6 is 0 Å². The summed E-state index contributed by atoms with van der Waals surface area (Å²) in [6.07, 6.45) is 4.00. The fraction of sp³-hybridized carbons (Fsp3) is 0.143. The molecule has 18 heavy (non-hydrogen) atoms. The summed E-state index contributed by atoms with van der Waals surface area (Å²) in [4.78, 5) is 4.30. The first-order chi connectivity index (χ1) is 8.84. The monoisotopic (exact) mass is 239 g/mol. The molecule has 0 atom stereocenters. The van der Waals surface area contributed by atoms with E-state index in [2.05, 4.69) is 22.2 Å². The lowest BCUT2D eigenvalue weighted by molar-refractivity contribution is 0.563. The molecule has 0 aliphatic carbocycles. The van der Waals surface area contributed by atoms with Gasteiger partial charge in [-0.3, -0.25) is 4.68 Å². The molecule has 2 aromatic heterocycles. The van der Waals surface area contributed by atoms with Gasteiger partial charge in [-0.1, -0.05) is 30.3 Å². The molecule has 3 aromatic rings. The summed E-state index contributed by atoms with van der Waals surface area (Å²) in [6.45, 7) is 0. The number of benzene rings is 1. The van der Waals surface area contributed by atoms with Crippen LogP contribution in [0.3, 0.4) is 0 Å². The lowest BCUT2D eigenvalue weighted by Crippen LogP contribution is -1.96. The molecule has 0 amide bonds. The highest BCUT2D eigenvalue weighted by Crippen LogP contribution is 2.24. The number of nitrogens with zero attached hydrogens (tertiary/aromatic N) is 3. The maximum absolute atomic E-state index is 5.49. The van der Waals surface area contributed by atoms with Crippen molar-refractivity contribution >= 4 is 0 Å². The first-order valence-corrected chi connectivity index (χ1v) is 5.79. The Morgan fingerprint density at radius 1 is 1.17 bits per heavy atom. The Morgan fingerprint density at radius 2 is 2.00 bits per heavy atom. The summed E-state index contributed by atoms with van der Waals surface area (Å²) >= 11 is 0.